The molecule has 1 saturated heterocycles. The number of amides is 1. The number of carbonyl (C=O) groups is 1. The molecule has 2 aromatic rings. The minimum absolute atomic E-state index is 0.0561. The second-order valence-electron chi connectivity index (χ2n) is 4.77. The number of anilines is 1. The summed E-state index contributed by atoms with van der Waals surface area (Å²) >= 11 is 6.71. The minimum atomic E-state index is -0.0561. The molecule has 2 nitrogen and oxygen atoms in total. The Morgan fingerprint density at radius 2 is 1.86 bits per heavy atom. The molecule has 1 aliphatic rings. The molecule has 0 radical (unpaired) electrons. The molecule has 2 aromatic carbocycles. The number of aryl methyl sites for hydroxylation is 1. The lowest BCUT2D eigenvalue weighted by molar-refractivity contribution is -0.113. The Balaban J connectivity index is 1.94. The van der Waals surface area contributed by atoms with Gasteiger partial charge in [-0.25, -0.2) is 0 Å². The smallest absolute Gasteiger partial charge is 0.268 e. The SMILES string of the molecule is Cc1cccc(N2C(=O)/C(=C/c3ccccc3)SC2=S)c1. The van der Waals surface area contributed by atoms with Crippen molar-refractivity contribution in [3.05, 3.63) is 70.6 Å². The van der Waals surface area contributed by atoms with Crippen molar-refractivity contribution >= 4 is 46.0 Å². The van der Waals surface area contributed by atoms with Crippen LogP contribution in [0.25, 0.3) is 6.08 Å². The highest BCUT2D eigenvalue weighted by molar-refractivity contribution is 8.27. The van der Waals surface area contributed by atoms with Gasteiger partial charge in [0.2, 0.25) is 0 Å². The quantitative estimate of drug-likeness (QED) is 0.605. The fourth-order valence-electron chi connectivity index (χ4n) is 2.16. The first-order valence-electron chi connectivity index (χ1n) is 6.55. The fraction of sp³-hybridized carbons (Fsp3) is 0.0588. The molecule has 0 unspecified atom stereocenters. The van der Waals surface area contributed by atoms with E-state index in [2.05, 4.69) is 0 Å². The highest BCUT2D eigenvalue weighted by Gasteiger charge is 2.33. The number of thiocarbonyl (C=S) groups is 1. The average Bonchev–Trinajstić information content (AvgIpc) is 2.74. The van der Waals surface area contributed by atoms with Crippen LogP contribution in [0.15, 0.2) is 59.5 Å². The van der Waals surface area contributed by atoms with Crippen LogP contribution in [0.5, 0.6) is 0 Å². The lowest BCUT2D eigenvalue weighted by atomic mass is 10.2. The lowest BCUT2D eigenvalue weighted by Crippen LogP contribution is -2.27. The monoisotopic (exact) mass is 311 g/mol. The molecule has 0 spiro atoms. The van der Waals surface area contributed by atoms with Crippen LogP contribution in [0, 0.1) is 6.92 Å². The van der Waals surface area contributed by atoms with Crippen molar-refractivity contribution in [2.45, 2.75) is 6.92 Å². The van der Waals surface area contributed by atoms with E-state index in [4.69, 9.17) is 12.2 Å². The van der Waals surface area contributed by atoms with E-state index in [-0.39, 0.29) is 5.91 Å². The summed E-state index contributed by atoms with van der Waals surface area (Å²) in [5.74, 6) is -0.0561. The summed E-state index contributed by atoms with van der Waals surface area (Å²) in [4.78, 5) is 14.8. The molecule has 0 aliphatic carbocycles. The van der Waals surface area contributed by atoms with Gasteiger partial charge < -0.3 is 0 Å². The van der Waals surface area contributed by atoms with Gasteiger partial charge in [0.25, 0.3) is 5.91 Å². The standard InChI is InChI=1S/C17H13NOS2/c1-12-6-5-9-14(10-12)18-16(19)15(21-17(18)20)11-13-7-3-2-4-8-13/h2-11H,1H3/b15-11-. The van der Waals surface area contributed by atoms with Crippen LogP contribution in [-0.4, -0.2) is 10.2 Å². The predicted molar refractivity (Wildman–Crippen MR) is 93.3 cm³/mol. The molecule has 3 rings (SSSR count). The highest BCUT2D eigenvalue weighted by atomic mass is 32.2. The number of hydrogen-bond acceptors (Lipinski definition) is 3. The first-order chi connectivity index (χ1) is 10.1. The van der Waals surface area contributed by atoms with E-state index < -0.39 is 0 Å². The van der Waals surface area contributed by atoms with Gasteiger partial charge in [0.05, 0.1) is 10.6 Å². The molecule has 0 saturated carbocycles. The van der Waals surface area contributed by atoms with E-state index in [1.165, 1.54) is 11.8 Å². The number of nitrogens with zero attached hydrogens (tertiary/aromatic N) is 1. The zero-order valence-corrected chi connectivity index (χ0v) is 13.1. The average molecular weight is 311 g/mol. The molecule has 0 atom stereocenters. The summed E-state index contributed by atoms with van der Waals surface area (Å²) in [6.07, 6.45) is 1.88. The van der Waals surface area contributed by atoms with Crippen LogP contribution in [0.3, 0.4) is 0 Å². The van der Waals surface area contributed by atoms with Crippen LogP contribution in [0.4, 0.5) is 5.69 Å². The Hall–Kier alpha value is -1.91. The maximum atomic E-state index is 12.6. The zero-order chi connectivity index (χ0) is 14.8. The summed E-state index contributed by atoms with van der Waals surface area (Å²) in [5, 5.41) is 0. The second kappa shape index (κ2) is 5.84. The Labute approximate surface area is 133 Å². The van der Waals surface area contributed by atoms with Crippen LogP contribution in [-0.2, 0) is 4.79 Å². The number of hydrogen-bond donors (Lipinski definition) is 0. The van der Waals surface area contributed by atoms with E-state index in [1.54, 1.807) is 4.90 Å². The first kappa shape index (κ1) is 14.0. The zero-order valence-electron chi connectivity index (χ0n) is 11.4. The van der Waals surface area contributed by atoms with Crippen LogP contribution in [0.1, 0.15) is 11.1 Å². The highest BCUT2D eigenvalue weighted by Crippen LogP contribution is 2.36. The van der Waals surface area contributed by atoms with Crippen molar-refractivity contribution < 1.29 is 4.79 Å². The topological polar surface area (TPSA) is 20.3 Å². The van der Waals surface area contributed by atoms with Gasteiger partial charge in [0, 0.05) is 0 Å². The molecule has 1 aliphatic heterocycles. The van der Waals surface area contributed by atoms with Crippen molar-refractivity contribution in [1.29, 1.82) is 0 Å². The van der Waals surface area contributed by atoms with E-state index in [0.29, 0.717) is 9.23 Å². The Morgan fingerprint density at radius 3 is 2.57 bits per heavy atom. The predicted octanol–water partition coefficient (Wildman–Crippen LogP) is 4.40. The van der Waals surface area contributed by atoms with Gasteiger partial charge in [0.1, 0.15) is 0 Å². The van der Waals surface area contributed by atoms with Gasteiger partial charge in [-0.3, -0.25) is 9.69 Å². The number of rotatable bonds is 2. The third-order valence-corrected chi connectivity index (χ3v) is 4.45. The first-order valence-corrected chi connectivity index (χ1v) is 7.77. The van der Waals surface area contributed by atoms with Crippen molar-refractivity contribution in [3.63, 3.8) is 0 Å². The van der Waals surface area contributed by atoms with Crippen LogP contribution >= 0.6 is 24.0 Å². The summed E-state index contributed by atoms with van der Waals surface area (Å²) in [6, 6.07) is 17.6. The summed E-state index contributed by atoms with van der Waals surface area (Å²) in [7, 11) is 0. The lowest BCUT2D eigenvalue weighted by Gasteiger charge is -2.14. The van der Waals surface area contributed by atoms with Gasteiger partial charge in [-0.2, -0.15) is 0 Å². The van der Waals surface area contributed by atoms with Gasteiger partial charge >= 0.3 is 0 Å². The molecule has 0 N–H and O–H groups in total. The number of carbonyl (C=O) groups excluding carboxylic acids is 1. The molecule has 1 amide bonds. The van der Waals surface area contributed by atoms with E-state index in [0.717, 1.165) is 16.8 Å². The van der Waals surface area contributed by atoms with Crippen molar-refractivity contribution in [2.24, 2.45) is 0 Å². The molecule has 1 fully saturated rings. The normalized spacial score (nSPS) is 16.8. The molecular formula is C17H13NOS2. The largest absolute Gasteiger partial charge is 0.270 e. The van der Waals surface area contributed by atoms with E-state index >= 15 is 0 Å². The van der Waals surface area contributed by atoms with Gasteiger partial charge in [-0.1, -0.05) is 66.4 Å². The van der Waals surface area contributed by atoms with Crippen molar-refractivity contribution in [3.8, 4) is 0 Å². The van der Waals surface area contributed by atoms with E-state index in [1.807, 2.05) is 67.6 Å². The van der Waals surface area contributed by atoms with E-state index in [9.17, 15) is 4.79 Å². The minimum Gasteiger partial charge on any atom is -0.268 e. The fourth-order valence-corrected chi connectivity index (χ4v) is 3.46. The third-order valence-electron chi connectivity index (χ3n) is 3.15. The molecule has 0 aromatic heterocycles. The maximum absolute atomic E-state index is 12.6. The number of thioether (sulfide) groups is 1. The van der Waals surface area contributed by atoms with Gasteiger partial charge in [0.15, 0.2) is 4.32 Å². The number of benzene rings is 2. The maximum Gasteiger partial charge on any atom is 0.270 e. The molecule has 0 bridgehead atoms. The molecule has 4 heteroatoms. The van der Waals surface area contributed by atoms with Crippen LogP contribution < -0.4 is 4.90 Å². The molecule has 1 heterocycles. The third kappa shape index (κ3) is 2.91. The Morgan fingerprint density at radius 1 is 1.10 bits per heavy atom. The molecule has 21 heavy (non-hydrogen) atoms. The summed E-state index contributed by atoms with van der Waals surface area (Å²) in [5.41, 5.74) is 2.93. The van der Waals surface area contributed by atoms with Crippen LogP contribution in [0.2, 0.25) is 0 Å². The van der Waals surface area contributed by atoms with Crippen molar-refractivity contribution in [1.82, 2.24) is 0 Å². The van der Waals surface area contributed by atoms with Gasteiger partial charge in [-0.15, -0.1) is 0 Å². The Kier molecular flexibility index (Phi) is 3.90. The summed E-state index contributed by atoms with van der Waals surface area (Å²) in [6.45, 7) is 2.00. The Bertz CT molecular complexity index is 737. The van der Waals surface area contributed by atoms with Gasteiger partial charge in [-0.05, 0) is 36.3 Å². The van der Waals surface area contributed by atoms with Crippen molar-refractivity contribution in [2.75, 3.05) is 4.90 Å². The second-order valence-corrected chi connectivity index (χ2v) is 6.44. The summed E-state index contributed by atoms with van der Waals surface area (Å²) < 4.78 is 0.577. The molecule has 104 valence electrons. The molecular weight excluding hydrogens is 298 g/mol.